The second-order valence-electron chi connectivity index (χ2n) is 2.58. The minimum atomic E-state index is -4.34. The highest BCUT2D eigenvalue weighted by Crippen LogP contribution is 2.36. The van der Waals surface area contributed by atoms with Crippen molar-refractivity contribution in [1.82, 2.24) is 0 Å². The van der Waals surface area contributed by atoms with Crippen molar-refractivity contribution >= 4 is 27.5 Å². The second-order valence-corrected chi connectivity index (χ2v) is 3.84. The zero-order valence-electron chi connectivity index (χ0n) is 6.54. The first kappa shape index (κ1) is 10.9. The van der Waals surface area contributed by atoms with Crippen molar-refractivity contribution in [1.29, 1.82) is 0 Å². The number of rotatable bonds is 0. The normalized spacial score (nSPS) is 11.8. The fourth-order valence-corrected chi connectivity index (χ4v) is 1.57. The van der Waals surface area contributed by atoms with E-state index in [1.165, 1.54) is 13.0 Å². The lowest BCUT2D eigenvalue weighted by Gasteiger charge is -2.10. The highest BCUT2D eigenvalue weighted by atomic mass is 79.9. The Morgan fingerprint density at radius 3 is 2.31 bits per heavy atom. The third kappa shape index (κ3) is 2.38. The smallest absolute Gasteiger partial charge is 0.166 e. The minimum Gasteiger partial charge on any atom is -0.166 e. The van der Waals surface area contributed by atoms with Gasteiger partial charge in [-0.25, -0.2) is 0 Å². The van der Waals surface area contributed by atoms with E-state index in [-0.39, 0.29) is 10.6 Å². The molecule has 0 heterocycles. The first-order chi connectivity index (χ1) is 5.82. The Morgan fingerprint density at radius 1 is 1.31 bits per heavy atom. The Labute approximate surface area is 86.8 Å². The van der Waals surface area contributed by atoms with Gasteiger partial charge in [0.05, 0.1) is 10.6 Å². The van der Waals surface area contributed by atoms with Crippen LogP contribution < -0.4 is 0 Å². The first-order valence-corrected chi connectivity index (χ1v) is 4.52. The zero-order valence-corrected chi connectivity index (χ0v) is 8.89. The molecule has 72 valence electrons. The summed E-state index contributed by atoms with van der Waals surface area (Å²) in [6, 6.07) is 2.27. The summed E-state index contributed by atoms with van der Waals surface area (Å²) in [6.07, 6.45) is -4.34. The number of aryl methyl sites for hydroxylation is 1. The molecule has 0 atom stereocenters. The summed E-state index contributed by atoms with van der Waals surface area (Å²) in [5, 5.41) is 0.0675. The predicted octanol–water partition coefficient (Wildman–Crippen LogP) is 4.43. The lowest BCUT2D eigenvalue weighted by molar-refractivity contribution is -0.138. The second kappa shape index (κ2) is 3.50. The number of benzene rings is 1. The maximum Gasteiger partial charge on any atom is 0.416 e. The van der Waals surface area contributed by atoms with Gasteiger partial charge in [0, 0.05) is 4.47 Å². The van der Waals surface area contributed by atoms with Crippen LogP contribution >= 0.6 is 27.5 Å². The van der Waals surface area contributed by atoms with E-state index in [1.807, 2.05) is 0 Å². The maximum atomic E-state index is 12.3. The van der Waals surface area contributed by atoms with Crippen LogP contribution in [0.5, 0.6) is 0 Å². The molecule has 1 aromatic carbocycles. The van der Waals surface area contributed by atoms with Gasteiger partial charge in [-0.2, -0.15) is 13.2 Å². The fraction of sp³-hybridized carbons (Fsp3) is 0.250. The van der Waals surface area contributed by atoms with Crippen LogP contribution in [0.1, 0.15) is 11.1 Å². The summed E-state index contributed by atoms with van der Waals surface area (Å²) in [5.41, 5.74) is -0.538. The third-order valence-electron chi connectivity index (χ3n) is 1.57. The molecule has 0 N–H and O–H groups in total. The maximum absolute atomic E-state index is 12.3. The summed E-state index contributed by atoms with van der Waals surface area (Å²) >= 11 is 8.59. The molecular weight excluding hydrogens is 268 g/mol. The Kier molecular flexibility index (Phi) is 2.92. The quantitative estimate of drug-likeness (QED) is 0.656. The molecule has 0 aromatic heterocycles. The lowest BCUT2D eigenvalue weighted by atomic mass is 10.1. The molecule has 0 fully saturated rings. The molecule has 0 bridgehead atoms. The Balaban J connectivity index is 3.32. The van der Waals surface area contributed by atoms with Crippen LogP contribution in [0.4, 0.5) is 13.2 Å². The van der Waals surface area contributed by atoms with Gasteiger partial charge in [0.1, 0.15) is 0 Å². The molecule has 5 heteroatoms. The largest absolute Gasteiger partial charge is 0.416 e. The van der Waals surface area contributed by atoms with Crippen molar-refractivity contribution in [3.05, 3.63) is 32.8 Å². The van der Waals surface area contributed by atoms with Gasteiger partial charge < -0.3 is 0 Å². The highest BCUT2D eigenvalue weighted by Gasteiger charge is 2.32. The molecule has 0 saturated heterocycles. The van der Waals surface area contributed by atoms with Gasteiger partial charge in [0.25, 0.3) is 0 Å². The van der Waals surface area contributed by atoms with Gasteiger partial charge in [-0.05, 0) is 40.5 Å². The molecule has 0 unspecified atom stereocenters. The number of hydrogen-bond acceptors (Lipinski definition) is 0. The van der Waals surface area contributed by atoms with Gasteiger partial charge in [0.2, 0.25) is 0 Å². The molecule has 13 heavy (non-hydrogen) atoms. The van der Waals surface area contributed by atoms with E-state index < -0.39 is 11.7 Å². The number of hydrogen-bond donors (Lipinski definition) is 0. The van der Waals surface area contributed by atoms with E-state index in [4.69, 9.17) is 11.6 Å². The molecule has 0 saturated carbocycles. The predicted molar refractivity (Wildman–Crippen MR) is 48.9 cm³/mol. The lowest BCUT2D eigenvalue weighted by Crippen LogP contribution is -2.07. The Hall–Kier alpha value is -0.220. The standard InChI is InChI=1S/C8H5BrClF3/c1-4-2-6(9)7(10)3-5(4)8(11,12)13/h2-3H,1H3. The van der Waals surface area contributed by atoms with Gasteiger partial charge in [-0.15, -0.1) is 0 Å². The van der Waals surface area contributed by atoms with Crippen molar-refractivity contribution in [2.75, 3.05) is 0 Å². The molecular formula is C8H5BrClF3. The van der Waals surface area contributed by atoms with Crippen LogP contribution in [0.15, 0.2) is 16.6 Å². The summed E-state index contributed by atoms with van der Waals surface area (Å²) in [6.45, 7) is 1.39. The molecule has 0 radical (unpaired) electrons. The summed E-state index contributed by atoms with van der Waals surface area (Å²) in [4.78, 5) is 0. The number of alkyl halides is 3. The average molecular weight is 273 g/mol. The monoisotopic (exact) mass is 272 g/mol. The third-order valence-corrected chi connectivity index (χ3v) is 2.77. The average Bonchev–Trinajstić information content (AvgIpc) is 1.94. The molecule has 1 rings (SSSR count). The fourth-order valence-electron chi connectivity index (χ4n) is 0.952. The van der Waals surface area contributed by atoms with E-state index in [9.17, 15) is 13.2 Å². The topological polar surface area (TPSA) is 0 Å². The van der Waals surface area contributed by atoms with Crippen LogP contribution in [0.25, 0.3) is 0 Å². The Morgan fingerprint density at radius 2 is 1.85 bits per heavy atom. The van der Waals surface area contributed by atoms with Gasteiger partial charge in [-0.3, -0.25) is 0 Å². The van der Waals surface area contributed by atoms with Crippen molar-refractivity contribution in [3.8, 4) is 0 Å². The Bertz CT molecular complexity index is 333. The summed E-state index contributed by atoms with van der Waals surface area (Å²) in [7, 11) is 0. The molecule has 0 aliphatic rings. The molecule has 0 amide bonds. The van der Waals surface area contributed by atoms with E-state index >= 15 is 0 Å². The minimum absolute atomic E-state index is 0.0675. The van der Waals surface area contributed by atoms with Crippen LogP contribution in [-0.2, 0) is 6.18 Å². The van der Waals surface area contributed by atoms with Gasteiger partial charge in [-0.1, -0.05) is 11.6 Å². The molecule has 1 aromatic rings. The van der Waals surface area contributed by atoms with E-state index in [0.717, 1.165) is 6.07 Å². The van der Waals surface area contributed by atoms with E-state index in [1.54, 1.807) is 0 Å². The van der Waals surface area contributed by atoms with Crippen LogP contribution in [0.2, 0.25) is 5.02 Å². The van der Waals surface area contributed by atoms with Crippen LogP contribution in [0, 0.1) is 6.92 Å². The first-order valence-electron chi connectivity index (χ1n) is 3.35. The van der Waals surface area contributed by atoms with Crippen LogP contribution in [0.3, 0.4) is 0 Å². The van der Waals surface area contributed by atoms with Crippen molar-refractivity contribution in [3.63, 3.8) is 0 Å². The molecule has 0 aliphatic heterocycles. The van der Waals surface area contributed by atoms with Gasteiger partial charge in [0.15, 0.2) is 0 Å². The molecule has 0 spiro atoms. The van der Waals surface area contributed by atoms with Crippen LogP contribution in [-0.4, -0.2) is 0 Å². The summed E-state index contributed by atoms with van der Waals surface area (Å²) in [5.74, 6) is 0. The van der Waals surface area contributed by atoms with E-state index in [2.05, 4.69) is 15.9 Å². The van der Waals surface area contributed by atoms with E-state index in [0.29, 0.717) is 4.47 Å². The number of halogens is 5. The zero-order chi connectivity index (χ0) is 10.2. The highest BCUT2D eigenvalue weighted by molar-refractivity contribution is 9.10. The van der Waals surface area contributed by atoms with Crippen molar-refractivity contribution < 1.29 is 13.2 Å². The van der Waals surface area contributed by atoms with Crippen molar-refractivity contribution in [2.45, 2.75) is 13.1 Å². The molecule has 0 aliphatic carbocycles. The summed E-state index contributed by atoms with van der Waals surface area (Å²) < 4.78 is 37.3. The molecule has 0 nitrogen and oxygen atoms in total. The van der Waals surface area contributed by atoms with Gasteiger partial charge >= 0.3 is 6.18 Å². The van der Waals surface area contributed by atoms with Crippen molar-refractivity contribution in [2.24, 2.45) is 0 Å². The SMILES string of the molecule is Cc1cc(Br)c(Cl)cc1C(F)(F)F.